The highest BCUT2D eigenvalue weighted by Crippen LogP contribution is 2.42. The molecule has 0 heterocycles. The lowest BCUT2D eigenvalue weighted by molar-refractivity contribution is -0.252. The van der Waals surface area contributed by atoms with Crippen LogP contribution in [0.5, 0.6) is 5.75 Å². The molecule has 0 aliphatic rings. The first-order valence-corrected chi connectivity index (χ1v) is 5.21. The van der Waals surface area contributed by atoms with E-state index in [2.05, 4.69) is 20.7 Å². The van der Waals surface area contributed by atoms with Crippen molar-refractivity contribution in [3.05, 3.63) is 28.7 Å². The van der Waals surface area contributed by atoms with E-state index in [-0.39, 0.29) is 10.2 Å². The first-order valence-electron chi connectivity index (χ1n) is 3.62. The van der Waals surface area contributed by atoms with E-state index in [1.54, 1.807) is 6.07 Å². The van der Waals surface area contributed by atoms with E-state index in [1.807, 2.05) is 15.9 Å². The summed E-state index contributed by atoms with van der Waals surface area (Å²) in [5.74, 6) is -0.241. The van der Waals surface area contributed by atoms with Gasteiger partial charge in [-0.25, -0.2) is 0 Å². The molecule has 0 spiro atoms. The number of para-hydroxylation sites is 1. The second-order valence-electron chi connectivity index (χ2n) is 2.55. The second kappa shape index (κ2) is 4.29. The Bertz CT molecular complexity index is 351. The monoisotopic (exact) mass is 350 g/mol. The smallest absolute Gasteiger partial charge is 0.441 e. The summed E-state index contributed by atoms with van der Waals surface area (Å²) in [7, 11) is 0. The van der Waals surface area contributed by atoms with Gasteiger partial charge in [0.05, 0.1) is 4.47 Å². The molecule has 1 atom stereocenters. The van der Waals surface area contributed by atoms with E-state index < -0.39 is 10.9 Å². The van der Waals surface area contributed by atoms with Crippen molar-refractivity contribution in [1.82, 2.24) is 0 Å². The Morgan fingerprint density at radius 2 is 1.60 bits per heavy atom. The van der Waals surface area contributed by atoms with E-state index in [0.29, 0.717) is 0 Å². The van der Waals surface area contributed by atoms with Gasteiger partial charge in [-0.3, -0.25) is 0 Å². The molecule has 1 aromatic rings. The summed E-state index contributed by atoms with van der Waals surface area (Å²) in [6, 6.07) is 5.65. The standard InChI is InChI=1S/C8H4Br2F4O/c9-5-3-1-2-4-6(5)15-7(10,11)8(12,13)14/h1-4H. The third kappa shape index (κ3) is 3.07. The van der Waals surface area contributed by atoms with Gasteiger partial charge < -0.3 is 4.74 Å². The number of ether oxygens (including phenoxy) is 1. The Morgan fingerprint density at radius 3 is 2.07 bits per heavy atom. The molecule has 15 heavy (non-hydrogen) atoms. The van der Waals surface area contributed by atoms with E-state index in [9.17, 15) is 17.6 Å². The van der Waals surface area contributed by atoms with Crippen LogP contribution in [-0.2, 0) is 0 Å². The van der Waals surface area contributed by atoms with Crippen LogP contribution in [0, 0.1) is 0 Å². The molecule has 1 aromatic carbocycles. The van der Waals surface area contributed by atoms with Crippen molar-refractivity contribution in [1.29, 1.82) is 0 Å². The summed E-state index contributed by atoms with van der Waals surface area (Å²) in [6.07, 6.45) is -5.15. The summed E-state index contributed by atoms with van der Waals surface area (Å²) in [5.41, 5.74) is 0. The molecular formula is C8H4Br2F4O. The summed E-state index contributed by atoms with van der Waals surface area (Å²) < 4.78 is 49.8. The van der Waals surface area contributed by atoms with Gasteiger partial charge in [-0.1, -0.05) is 12.1 Å². The van der Waals surface area contributed by atoms with Gasteiger partial charge in [0.25, 0.3) is 0 Å². The number of benzene rings is 1. The maximum atomic E-state index is 13.0. The Kier molecular flexibility index (Phi) is 3.65. The summed E-state index contributed by atoms with van der Waals surface area (Å²) in [4.78, 5) is 0. The van der Waals surface area contributed by atoms with Crippen LogP contribution in [-0.4, -0.2) is 10.9 Å². The fourth-order valence-electron chi connectivity index (χ4n) is 0.723. The highest BCUT2D eigenvalue weighted by Gasteiger charge is 2.57. The molecule has 1 unspecified atom stereocenters. The topological polar surface area (TPSA) is 9.23 Å². The van der Waals surface area contributed by atoms with Crippen molar-refractivity contribution in [2.24, 2.45) is 0 Å². The highest BCUT2D eigenvalue weighted by atomic mass is 79.9. The molecule has 0 aliphatic carbocycles. The predicted molar refractivity (Wildman–Crippen MR) is 53.6 cm³/mol. The van der Waals surface area contributed by atoms with Gasteiger partial charge in [-0.15, -0.1) is 0 Å². The minimum atomic E-state index is -5.15. The molecule has 0 saturated heterocycles. The fraction of sp³-hybridized carbons (Fsp3) is 0.250. The zero-order valence-corrected chi connectivity index (χ0v) is 10.2. The molecule has 0 N–H and O–H groups in total. The molecule has 0 bridgehead atoms. The Balaban J connectivity index is 2.92. The number of halogens is 6. The molecular weight excluding hydrogens is 348 g/mol. The number of hydrogen-bond acceptors (Lipinski definition) is 1. The molecule has 0 fully saturated rings. The van der Waals surface area contributed by atoms with Gasteiger partial charge in [0.2, 0.25) is 0 Å². The molecule has 0 aromatic heterocycles. The lowest BCUT2D eigenvalue weighted by atomic mass is 10.3. The summed E-state index contributed by atoms with van der Waals surface area (Å²) in [6.45, 7) is 0. The zero-order chi connectivity index (χ0) is 11.7. The number of rotatable bonds is 2. The van der Waals surface area contributed by atoms with Crippen LogP contribution in [0.15, 0.2) is 28.7 Å². The lowest BCUT2D eigenvalue weighted by Gasteiger charge is -2.23. The van der Waals surface area contributed by atoms with E-state index in [4.69, 9.17) is 0 Å². The number of hydrogen-bond donors (Lipinski definition) is 0. The minimum Gasteiger partial charge on any atom is -0.441 e. The second-order valence-corrected chi connectivity index (χ2v) is 4.42. The van der Waals surface area contributed by atoms with Crippen LogP contribution in [0.25, 0.3) is 0 Å². The van der Waals surface area contributed by atoms with Gasteiger partial charge in [-0.05, 0) is 28.1 Å². The number of alkyl halides is 5. The molecule has 1 rings (SSSR count). The molecule has 0 saturated carbocycles. The molecule has 0 radical (unpaired) electrons. The highest BCUT2D eigenvalue weighted by molar-refractivity contribution is 9.10. The maximum Gasteiger partial charge on any atom is 0.472 e. The SMILES string of the molecule is FC(F)(F)C(F)(Br)Oc1ccccc1Br. The van der Waals surface area contributed by atoms with Gasteiger partial charge in [0.15, 0.2) is 0 Å². The molecule has 1 nitrogen and oxygen atoms in total. The van der Waals surface area contributed by atoms with Gasteiger partial charge >= 0.3 is 10.9 Å². The Hall–Kier alpha value is -0.300. The van der Waals surface area contributed by atoms with Crippen LogP contribution in [0.3, 0.4) is 0 Å². The van der Waals surface area contributed by atoms with Crippen LogP contribution < -0.4 is 4.74 Å². The van der Waals surface area contributed by atoms with Crippen LogP contribution in [0.1, 0.15) is 0 Å². The quantitative estimate of drug-likeness (QED) is 0.566. The molecule has 0 aliphatic heterocycles. The molecule has 0 amide bonds. The Labute approximate surface area is 99.7 Å². The first kappa shape index (κ1) is 12.8. The van der Waals surface area contributed by atoms with Crippen molar-refractivity contribution in [3.63, 3.8) is 0 Å². The van der Waals surface area contributed by atoms with E-state index >= 15 is 0 Å². The average molecular weight is 352 g/mol. The lowest BCUT2D eigenvalue weighted by Crippen LogP contribution is -2.40. The predicted octanol–water partition coefficient (Wildman–Crippen LogP) is 4.41. The van der Waals surface area contributed by atoms with Crippen molar-refractivity contribution >= 4 is 31.9 Å². The third-order valence-electron chi connectivity index (χ3n) is 1.40. The maximum absolute atomic E-state index is 13.0. The first-order chi connectivity index (χ1) is 6.74. The van der Waals surface area contributed by atoms with Gasteiger partial charge in [0.1, 0.15) is 5.75 Å². The normalized spacial score (nSPS) is 15.9. The van der Waals surface area contributed by atoms with Crippen molar-refractivity contribution in [2.75, 3.05) is 0 Å². The minimum absolute atomic E-state index is 0.232. The zero-order valence-electron chi connectivity index (χ0n) is 6.99. The van der Waals surface area contributed by atoms with Crippen LogP contribution in [0.2, 0.25) is 0 Å². The van der Waals surface area contributed by atoms with Gasteiger partial charge in [0, 0.05) is 15.9 Å². The van der Waals surface area contributed by atoms with Crippen LogP contribution in [0.4, 0.5) is 17.6 Å². The summed E-state index contributed by atoms with van der Waals surface area (Å²) >= 11 is 4.77. The van der Waals surface area contributed by atoms with Crippen LogP contribution >= 0.6 is 31.9 Å². The molecule has 7 heteroatoms. The van der Waals surface area contributed by atoms with Crippen molar-refractivity contribution < 1.29 is 22.3 Å². The average Bonchev–Trinajstić information content (AvgIpc) is 2.06. The Morgan fingerprint density at radius 1 is 1.07 bits per heavy atom. The van der Waals surface area contributed by atoms with E-state index in [1.165, 1.54) is 18.2 Å². The van der Waals surface area contributed by atoms with Crippen molar-refractivity contribution in [2.45, 2.75) is 10.9 Å². The van der Waals surface area contributed by atoms with Gasteiger partial charge in [-0.2, -0.15) is 17.6 Å². The van der Waals surface area contributed by atoms with Crippen molar-refractivity contribution in [3.8, 4) is 5.75 Å². The summed E-state index contributed by atoms with van der Waals surface area (Å²) in [5, 5.41) is 0. The largest absolute Gasteiger partial charge is 0.472 e. The van der Waals surface area contributed by atoms with E-state index in [0.717, 1.165) is 0 Å². The third-order valence-corrected chi connectivity index (χ3v) is 2.67. The molecule has 84 valence electrons. The fourth-order valence-corrected chi connectivity index (χ4v) is 1.26.